The lowest BCUT2D eigenvalue weighted by Gasteiger charge is -2.15. The largest absolute Gasteiger partial charge is 0.381 e. The fourth-order valence-electron chi connectivity index (χ4n) is 1.48. The molecule has 5 nitrogen and oxygen atoms in total. The quantitative estimate of drug-likeness (QED) is 0.405. The summed E-state index contributed by atoms with van der Waals surface area (Å²) in [4.78, 5) is 22.0. The van der Waals surface area contributed by atoms with Gasteiger partial charge in [-0.2, -0.15) is 0 Å². The molecule has 0 aromatic heterocycles. The molecule has 0 radical (unpaired) electrons. The number of hydrogen-bond acceptors (Lipinski definition) is 3. The van der Waals surface area contributed by atoms with Gasteiger partial charge in [0.15, 0.2) is 0 Å². The number of ether oxygens (including phenoxy) is 1. The number of imide groups is 1. The molecule has 0 spiro atoms. The normalized spacial score (nSPS) is 23.1. The number of rotatable bonds is 0. The Morgan fingerprint density at radius 2 is 1.77 bits per heavy atom. The van der Waals surface area contributed by atoms with Crippen LogP contribution in [0.5, 0.6) is 0 Å². The average molecular weight is 182 g/mol. The molecule has 3 amide bonds. The van der Waals surface area contributed by atoms with Gasteiger partial charge in [-0.25, -0.2) is 4.79 Å². The third kappa shape index (κ3) is 1.55. The first kappa shape index (κ1) is 8.25. The second-order valence-electron chi connectivity index (χ2n) is 3.00. The fourth-order valence-corrected chi connectivity index (χ4v) is 1.48. The molecule has 2 N–H and O–H groups in total. The summed E-state index contributed by atoms with van der Waals surface area (Å²) in [5.74, 6) is -0.318. The highest BCUT2D eigenvalue weighted by molar-refractivity contribution is 6.12. The van der Waals surface area contributed by atoms with Crippen LogP contribution in [0.3, 0.4) is 0 Å². The summed E-state index contributed by atoms with van der Waals surface area (Å²) in [7, 11) is 0. The van der Waals surface area contributed by atoms with Crippen LogP contribution in [0.2, 0.25) is 0 Å². The second-order valence-corrected chi connectivity index (χ2v) is 3.00. The van der Waals surface area contributed by atoms with Gasteiger partial charge in [0.05, 0.1) is 13.2 Å². The Labute approximate surface area is 75.1 Å². The van der Waals surface area contributed by atoms with Crippen LogP contribution in [-0.4, -0.2) is 25.2 Å². The topological polar surface area (TPSA) is 67.4 Å². The molecule has 2 heterocycles. The minimum Gasteiger partial charge on any atom is -0.381 e. The molecule has 0 atom stereocenters. The van der Waals surface area contributed by atoms with E-state index in [9.17, 15) is 9.59 Å². The monoisotopic (exact) mass is 182 g/mol. The van der Waals surface area contributed by atoms with Crippen LogP contribution in [-0.2, 0) is 9.53 Å². The number of carbonyl (C=O) groups is 2. The Hall–Kier alpha value is -1.36. The van der Waals surface area contributed by atoms with E-state index in [2.05, 4.69) is 10.6 Å². The molecule has 2 rings (SSSR count). The van der Waals surface area contributed by atoms with Crippen LogP contribution in [0.15, 0.2) is 11.3 Å². The third-order valence-corrected chi connectivity index (χ3v) is 2.14. The maximum Gasteiger partial charge on any atom is 0.326 e. The molecule has 0 aromatic carbocycles. The van der Waals surface area contributed by atoms with E-state index in [0.717, 1.165) is 18.4 Å². The highest BCUT2D eigenvalue weighted by Gasteiger charge is 2.26. The highest BCUT2D eigenvalue weighted by Crippen LogP contribution is 2.18. The second kappa shape index (κ2) is 3.18. The molecule has 0 aromatic rings. The van der Waals surface area contributed by atoms with Crippen molar-refractivity contribution in [3.63, 3.8) is 0 Å². The first-order chi connectivity index (χ1) is 6.27. The number of carbonyl (C=O) groups excluding carboxylic acids is 2. The zero-order chi connectivity index (χ0) is 9.26. The van der Waals surface area contributed by atoms with E-state index in [1.807, 2.05) is 0 Å². The van der Waals surface area contributed by atoms with Crippen molar-refractivity contribution in [2.45, 2.75) is 12.8 Å². The van der Waals surface area contributed by atoms with Crippen molar-refractivity contribution in [2.24, 2.45) is 0 Å². The lowest BCUT2D eigenvalue weighted by atomic mass is 10.1. The van der Waals surface area contributed by atoms with Gasteiger partial charge in [0.2, 0.25) is 0 Å². The standard InChI is InChI=1S/C8H10N2O3/c11-7-6(9-8(12)10-7)5-1-3-13-4-2-5/h1-4H2,(H2,9,10,11,12). The van der Waals surface area contributed by atoms with E-state index < -0.39 is 6.03 Å². The molecular weight excluding hydrogens is 172 g/mol. The average Bonchev–Trinajstić information content (AvgIpc) is 2.47. The van der Waals surface area contributed by atoms with E-state index in [4.69, 9.17) is 4.74 Å². The molecule has 2 saturated heterocycles. The number of urea groups is 1. The fraction of sp³-hybridized carbons (Fsp3) is 0.500. The van der Waals surface area contributed by atoms with Crippen molar-refractivity contribution in [2.75, 3.05) is 13.2 Å². The van der Waals surface area contributed by atoms with Gasteiger partial charge in [-0.3, -0.25) is 10.1 Å². The molecule has 0 unspecified atom stereocenters. The van der Waals surface area contributed by atoms with Gasteiger partial charge in [0.25, 0.3) is 5.91 Å². The van der Waals surface area contributed by atoms with Crippen LogP contribution >= 0.6 is 0 Å². The Bertz CT molecular complexity index is 288. The summed E-state index contributed by atoms with van der Waals surface area (Å²) in [6.07, 6.45) is 1.45. The van der Waals surface area contributed by atoms with Gasteiger partial charge in [0.1, 0.15) is 5.70 Å². The Morgan fingerprint density at radius 3 is 2.31 bits per heavy atom. The summed E-state index contributed by atoms with van der Waals surface area (Å²) >= 11 is 0. The Kier molecular flexibility index (Phi) is 2.02. The molecule has 0 bridgehead atoms. The minimum absolute atomic E-state index is 0.318. The molecule has 0 saturated carbocycles. The summed E-state index contributed by atoms with van der Waals surface area (Å²) in [6, 6.07) is -0.431. The zero-order valence-corrected chi connectivity index (χ0v) is 7.05. The van der Waals surface area contributed by atoms with E-state index in [1.165, 1.54) is 0 Å². The molecule has 70 valence electrons. The predicted molar refractivity (Wildman–Crippen MR) is 43.8 cm³/mol. The molecule has 2 aliphatic rings. The molecule has 0 aliphatic carbocycles. The van der Waals surface area contributed by atoms with E-state index in [1.54, 1.807) is 0 Å². The third-order valence-electron chi connectivity index (χ3n) is 2.14. The molecule has 13 heavy (non-hydrogen) atoms. The molecular formula is C8H10N2O3. The van der Waals surface area contributed by atoms with Gasteiger partial charge in [-0.1, -0.05) is 0 Å². The Morgan fingerprint density at radius 1 is 1.08 bits per heavy atom. The van der Waals surface area contributed by atoms with E-state index in [-0.39, 0.29) is 5.91 Å². The van der Waals surface area contributed by atoms with Gasteiger partial charge in [0, 0.05) is 0 Å². The Balaban J connectivity index is 2.21. The van der Waals surface area contributed by atoms with Crippen LogP contribution < -0.4 is 10.6 Å². The highest BCUT2D eigenvalue weighted by atomic mass is 16.5. The van der Waals surface area contributed by atoms with Gasteiger partial charge < -0.3 is 10.1 Å². The van der Waals surface area contributed by atoms with Gasteiger partial charge in [-0.05, 0) is 18.4 Å². The number of amides is 3. The summed E-state index contributed by atoms with van der Waals surface area (Å²) in [6.45, 7) is 1.25. The van der Waals surface area contributed by atoms with Gasteiger partial charge >= 0.3 is 6.03 Å². The van der Waals surface area contributed by atoms with Gasteiger partial charge in [-0.15, -0.1) is 0 Å². The van der Waals surface area contributed by atoms with E-state index in [0.29, 0.717) is 18.9 Å². The molecule has 5 heteroatoms. The molecule has 2 aliphatic heterocycles. The number of hydrogen-bond donors (Lipinski definition) is 2. The van der Waals surface area contributed by atoms with Crippen molar-refractivity contribution in [1.82, 2.24) is 10.6 Å². The minimum atomic E-state index is -0.431. The lowest BCUT2D eigenvalue weighted by Crippen LogP contribution is -2.22. The number of nitrogens with one attached hydrogen (secondary N) is 2. The van der Waals surface area contributed by atoms with Crippen molar-refractivity contribution >= 4 is 11.9 Å². The lowest BCUT2D eigenvalue weighted by molar-refractivity contribution is -0.115. The van der Waals surface area contributed by atoms with Crippen molar-refractivity contribution < 1.29 is 14.3 Å². The van der Waals surface area contributed by atoms with Crippen molar-refractivity contribution in [3.8, 4) is 0 Å². The predicted octanol–water partition coefficient (Wildman–Crippen LogP) is -0.110. The first-order valence-electron chi connectivity index (χ1n) is 4.19. The van der Waals surface area contributed by atoms with Crippen LogP contribution in [0.25, 0.3) is 0 Å². The summed E-state index contributed by atoms with van der Waals surface area (Å²) in [5.41, 5.74) is 1.41. The van der Waals surface area contributed by atoms with Crippen molar-refractivity contribution in [1.29, 1.82) is 0 Å². The first-order valence-corrected chi connectivity index (χ1v) is 4.19. The van der Waals surface area contributed by atoms with Crippen LogP contribution in [0, 0.1) is 0 Å². The van der Waals surface area contributed by atoms with Crippen LogP contribution in [0.4, 0.5) is 4.79 Å². The summed E-state index contributed by atoms with van der Waals surface area (Å²) in [5, 5.41) is 4.67. The maximum absolute atomic E-state index is 11.2. The maximum atomic E-state index is 11.2. The van der Waals surface area contributed by atoms with Crippen LogP contribution in [0.1, 0.15) is 12.8 Å². The van der Waals surface area contributed by atoms with Crippen molar-refractivity contribution in [3.05, 3.63) is 11.3 Å². The zero-order valence-electron chi connectivity index (χ0n) is 7.05. The van der Waals surface area contributed by atoms with E-state index >= 15 is 0 Å². The SMILES string of the molecule is O=C1NC(=O)C(=C2CCOCC2)N1. The smallest absolute Gasteiger partial charge is 0.326 e. The molecule has 2 fully saturated rings. The summed E-state index contributed by atoms with van der Waals surface area (Å²) < 4.78 is 5.14.